The van der Waals surface area contributed by atoms with Crippen molar-refractivity contribution in [3.8, 4) is 0 Å². The van der Waals surface area contributed by atoms with Gasteiger partial charge >= 0.3 is 0 Å². The lowest BCUT2D eigenvalue weighted by Crippen LogP contribution is -2.33. The van der Waals surface area contributed by atoms with Gasteiger partial charge in [0.05, 0.1) is 10.7 Å². The first-order valence-electron chi connectivity index (χ1n) is 4.86. The molecular weight excluding hydrogens is 260 g/mol. The fourth-order valence-electron chi connectivity index (χ4n) is 1.26. The van der Waals surface area contributed by atoms with Gasteiger partial charge in [0.15, 0.2) is 0 Å². The molecule has 1 N–H and O–H groups in total. The molecule has 0 radical (unpaired) electrons. The van der Waals surface area contributed by atoms with Gasteiger partial charge in [-0.2, -0.15) is 5.10 Å². The Balaban J connectivity index is 3.12. The van der Waals surface area contributed by atoms with Crippen molar-refractivity contribution >= 4 is 21.7 Å². The molecule has 0 aliphatic carbocycles. The van der Waals surface area contributed by atoms with Crippen LogP contribution in [0.1, 0.15) is 37.7 Å². The van der Waals surface area contributed by atoms with Crippen LogP contribution < -0.4 is 0 Å². The normalized spacial score (nSPS) is 11.8. The Labute approximate surface area is 97.4 Å². The van der Waals surface area contributed by atoms with Gasteiger partial charge in [0.25, 0.3) is 0 Å². The fraction of sp³-hybridized carbons (Fsp3) is 0.600. The van der Waals surface area contributed by atoms with Crippen molar-refractivity contribution in [3.05, 3.63) is 16.4 Å². The second kappa shape index (κ2) is 4.45. The van der Waals surface area contributed by atoms with Crippen LogP contribution in [-0.4, -0.2) is 26.3 Å². The van der Waals surface area contributed by atoms with E-state index in [0.29, 0.717) is 16.7 Å². The Kier molecular flexibility index (Phi) is 3.67. The van der Waals surface area contributed by atoms with Crippen molar-refractivity contribution in [2.75, 3.05) is 0 Å². The summed E-state index contributed by atoms with van der Waals surface area (Å²) in [5.74, 6) is -0.319. The highest BCUT2D eigenvalue weighted by Gasteiger charge is 2.30. The lowest BCUT2D eigenvalue weighted by Gasteiger charge is -2.16. The van der Waals surface area contributed by atoms with E-state index in [0.717, 1.165) is 6.42 Å². The summed E-state index contributed by atoms with van der Waals surface area (Å²) in [6, 6.07) is 0. The number of rotatable bonds is 4. The van der Waals surface area contributed by atoms with Gasteiger partial charge in [0.2, 0.25) is 5.78 Å². The first-order chi connectivity index (χ1) is 6.88. The predicted molar refractivity (Wildman–Crippen MR) is 60.8 cm³/mol. The number of aromatic nitrogens is 2. The average molecular weight is 275 g/mol. The molecule has 1 heterocycles. The molecule has 0 unspecified atom stereocenters. The SMILES string of the molecule is CCCn1ncc(Br)c1C(=O)C(C)(C)O. The molecule has 0 aliphatic heterocycles. The summed E-state index contributed by atoms with van der Waals surface area (Å²) >= 11 is 3.26. The average Bonchev–Trinajstić information content (AvgIpc) is 2.45. The molecule has 0 atom stereocenters. The monoisotopic (exact) mass is 274 g/mol. The van der Waals surface area contributed by atoms with E-state index < -0.39 is 5.60 Å². The Morgan fingerprint density at radius 1 is 1.67 bits per heavy atom. The minimum Gasteiger partial charge on any atom is -0.382 e. The molecule has 0 saturated carbocycles. The highest BCUT2D eigenvalue weighted by molar-refractivity contribution is 9.10. The van der Waals surface area contributed by atoms with E-state index in [1.54, 1.807) is 10.9 Å². The van der Waals surface area contributed by atoms with E-state index in [1.807, 2.05) is 6.92 Å². The van der Waals surface area contributed by atoms with Crippen LogP contribution >= 0.6 is 15.9 Å². The first-order valence-corrected chi connectivity index (χ1v) is 5.65. The zero-order chi connectivity index (χ0) is 11.6. The maximum Gasteiger partial charge on any atom is 0.212 e. The van der Waals surface area contributed by atoms with Crippen molar-refractivity contribution < 1.29 is 9.90 Å². The maximum absolute atomic E-state index is 11.9. The summed E-state index contributed by atoms with van der Waals surface area (Å²) in [7, 11) is 0. The Hall–Kier alpha value is -0.680. The molecule has 1 aromatic rings. The molecule has 15 heavy (non-hydrogen) atoms. The highest BCUT2D eigenvalue weighted by Crippen LogP contribution is 2.21. The molecule has 5 heteroatoms. The fourth-order valence-corrected chi connectivity index (χ4v) is 1.74. The molecule has 1 aromatic heterocycles. The van der Waals surface area contributed by atoms with Gasteiger partial charge in [-0.1, -0.05) is 6.92 Å². The molecule has 0 aromatic carbocycles. The topological polar surface area (TPSA) is 55.1 Å². The molecule has 0 bridgehead atoms. The summed E-state index contributed by atoms with van der Waals surface area (Å²) in [4.78, 5) is 11.9. The van der Waals surface area contributed by atoms with Crippen LogP contribution in [0.4, 0.5) is 0 Å². The smallest absolute Gasteiger partial charge is 0.212 e. The van der Waals surface area contributed by atoms with Crippen molar-refractivity contribution in [1.29, 1.82) is 0 Å². The minimum absolute atomic E-state index is 0.319. The van der Waals surface area contributed by atoms with Crippen molar-refractivity contribution in [1.82, 2.24) is 9.78 Å². The summed E-state index contributed by atoms with van der Waals surface area (Å²) in [5, 5.41) is 13.7. The number of Topliss-reactive ketones (excluding diaryl/α,β-unsaturated/α-hetero) is 1. The first kappa shape index (κ1) is 12.4. The van der Waals surface area contributed by atoms with E-state index in [4.69, 9.17) is 0 Å². The second-order valence-corrected chi connectivity index (χ2v) is 4.81. The summed E-state index contributed by atoms with van der Waals surface area (Å²) in [5.41, 5.74) is -0.932. The van der Waals surface area contributed by atoms with E-state index in [9.17, 15) is 9.90 Å². The number of hydrogen-bond acceptors (Lipinski definition) is 3. The van der Waals surface area contributed by atoms with Gasteiger partial charge in [-0.3, -0.25) is 9.48 Å². The third-order valence-electron chi connectivity index (χ3n) is 2.00. The lowest BCUT2D eigenvalue weighted by molar-refractivity contribution is 0.0475. The van der Waals surface area contributed by atoms with Gasteiger partial charge < -0.3 is 5.11 Å². The Morgan fingerprint density at radius 2 is 2.27 bits per heavy atom. The molecule has 84 valence electrons. The molecule has 1 rings (SSSR count). The number of aryl methyl sites for hydroxylation is 1. The number of carbonyl (C=O) groups excluding carboxylic acids is 1. The third-order valence-corrected chi connectivity index (χ3v) is 2.58. The molecule has 0 spiro atoms. The van der Waals surface area contributed by atoms with Gasteiger partial charge in [-0.05, 0) is 36.2 Å². The van der Waals surface area contributed by atoms with E-state index in [2.05, 4.69) is 21.0 Å². The van der Waals surface area contributed by atoms with E-state index >= 15 is 0 Å². The lowest BCUT2D eigenvalue weighted by atomic mass is 10.0. The van der Waals surface area contributed by atoms with Crippen LogP contribution in [0.3, 0.4) is 0 Å². The van der Waals surface area contributed by atoms with E-state index in [1.165, 1.54) is 13.8 Å². The minimum atomic E-state index is -1.37. The van der Waals surface area contributed by atoms with Crippen LogP contribution in [0, 0.1) is 0 Å². The third kappa shape index (κ3) is 2.66. The van der Waals surface area contributed by atoms with Gasteiger partial charge in [0.1, 0.15) is 11.3 Å². The number of ketones is 1. The maximum atomic E-state index is 11.9. The zero-order valence-corrected chi connectivity index (χ0v) is 10.7. The number of carbonyl (C=O) groups is 1. The Morgan fingerprint density at radius 3 is 2.73 bits per heavy atom. The quantitative estimate of drug-likeness (QED) is 0.855. The van der Waals surface area contributed by atoms with Crippen LogP contribution in [0.2, 0.25) is 0 Å². The number of nitrogens with zero attached hydrogens (tertiary/aromatic N) is 2. The largest absolute Gasteiger partial charge is 0.382 e. The molecule has 0 fully saturated rings. The van der Waals surface area contributed by atoms with Crippen molar-refractivity contribution in [2.45, 2.75) is 39.3 Å². The van der Waals surface area contributed by atoms with Gasteiger partial charge in [0, 0.05) is 6.54 Å². The van der Waals surface area contributed by atoms with Crippen LogP contribution in [0.15, 0.2) is 10.7 Å². The zero-order valence-electron chi connectivity index (χ0n) is 9.12. The number of aliphatic hydroxyl groups is 1. The molecule has 0 amide bonds. The van der Waals surface area contributed by atoms with Crippen molar-refractivity contribution in [3.63, 3.8) is 0 Å². The number of halogens is 1. The van der Waals surface area contributed by atoms with E-state index in [-0.39, 0.29) is 5.78 Å². The summed E-state index contributed by atoms with van der Waals surface area (Å²) in [6.45, 7) is 5.63. The number of hydrogen-bond donors (Lipinski definition) is 1. The second-order valence-electron chi connectivity index (χ2n) is 3.95. The van der Waals surface area contributed by atoms with Crippen LogP contribution in [0.25, 0.3) is 0 Å². The van der Waals surface area contributed by atoms with Crippen LogP contribution in [0.5, 0.6) is 0 Å². The molecule has 0 saturated heterocycles. The van der Waals surface area contributed by atoms with Crippen LogP contribution in [-0.2, 0) is 6.54 Å². The highest BCUT2D eigenvalue weighted by atomic mass is 79.9. The summed E-state index contributed by atoms with van der Waals surface area (Å²) < 4.78 is 2.24. The molecular formula is C10H15BrN2O2. The Bertz CT molecular complexity index is 366. The van der Waals surface area contributed by atoms with Gasteiger partial charge in [-0.15, -0.1) is 0 Å². The van der Waals surface area contributed by atoms with Gasteiger partial charge in [-0.25, -0.2) is 0 Å². The summed E-state index contributed by atoms with van der Waals surface area (Å²) in [6.07, 6.45) is 2.47. The molecule has 4 nitrogen and oxygen atoms in total. The predicted octanol–water partition coefficient (Wildman–Crippen LogP) is 2.01. The van der Waals surface area contributed by atoms with Crippen molar-refractivity contribution in [2.24, 2.45) is 0 Å². The molecule has 0 aliphatic rings. The standard InChI is InChI=1S/C10H15BrN2O2/c1-4-5-13-8(7(11)6-12-13)9(14)10(2,3)15/h6,15H,4-5H2,1-3H3.